The van der Waals surface area contributed by atoms with Crippen LogP contribution in [0.3, 0.4) is 0 Å². The molecular weight excluding hydrogens is 304 g/mol. The fourth-order valence-corrected chi connectivity index (χ4v) is 2.21. The highest BCUT2D eigenvalue weighted by Gasteiger charge is 2.05. The van der Waals surface area contributed by atoms with Gasteiger partial charge in [0.05, 0.1) is 11.1 Å². The van der Waals surface area contributed by atoms with Crippen molar-refractivity contribution in [2.75, 3.05) is 5.73 Å². The SMILES string of the molecule is Nc1ccc(S(N)(=O)=O)cc1.O=c1[nH]ncc2ccccc12. The number of sulfonamides is 1. The minimum atomic E-state index is -3.58. The van der Waals surface area contributed by atoms with Gasteiger partial charge in [-0.25, -0.2) is 18.7 Å². The third-order valence-electron chi connectivity index (χ3n) is 2.78. The first-order chi connectivity index (χ1) is 10.4. The lowest BCUT2D eigenvalue weighted by molar-refractivity contribution is 0.598. The molecule has 114 valence electrons. The highest BCUT2D eigenvalue weighted by atomic mass is 32.2. The van der Waals surface area contributed by atoms with Gasteiger partial charge in [-0.2, -0.15) is 5.10 Å². The summed E-state index contributed by atoms with van der Waals surface area (Å²) in [5.74, 6) is 0. The molecule has 0 spiro atoms. The molecule has 0 saturated heterocycles. The zero-order valence-electron chi connectivity index (χ0n) is 11.4. The van der Waals surface area contributed by atoms with Crippen molar-refractivity contribution >= 4 is 26.5 Å². The first-order valence-electron chi connectivity index (χ1n) is 6.19. The summed E-state index contributed by atoms with van der Waals surface area (Å²) >= 11 is 0. The average molecular weight is 318 g/mol. The first kappa shape index (κ1) is 15.7. The fraction of sp³-hybridized carbons (Fsp3) is 0. The third kappa shape index (κ3) is 3.90. The molecular formula is C14H14N4O3S. The number of aromatic amines is 1. The number of hydrogen-bond donors (Lipinski definition) is 3. The van der Waals surface area contributed by atoms with Gasteiger partial charge >= 0.3 is 0 Å². The highest BCUT2D eigenvalue weighted by Crippen LogP contribution is 2.08. The molecule has 0 radical (unpaired) electrons. The van der Waals surface area contributed by atoms with E-state index in [-0.39, 0.29) is 10.5 Å². The van der Waals surface area contributed by atoms with E-state index in [1.54, 1.807) is 12.3 Å². The maximum absolute atomic E-state index is 11.1. The normalized spacial score (nSPS) is 10.8. The van der Waals surface area contributed by atoms with E-state index in [0.29, 0.717) is 11.1 Å². The zero-order valence-corrected chi connectivity index (χ0v) is 12.2. The van der Waals surface area contributed by atoms with Gasteiger partial charge in [-0.05, 0) is 30.3 Å². The van der Waals surface area contributed by atoms with Crippen molar-refractivity contribution < 1.29 is 8.42 Å². The molecule has 0 aliphatic heterocycles. The Kier molecular flexibility index (Phi) is 4.54. The molecule has 1 heterocycles. The van der Waals surface area contributed by atoms with Gasteiger partial charge in [0.2, 0.25) is 10.0 Å². The first-order valence-corrected chi connectivity index (χ1v) is 7.73. The molecule has 0 saturated carbocycles. The van der Waals surface area contributed by atoms with E-state index in [9.17, 15) is 13.2 Å². The third-order valence-corrected chi connectivity index (χ3v) is 3.71. The zero-order chi connectivity index (χ0) is 16.2. The Morgan fingerprint density at radius 1 is 1.00 bits per heavy atom. The molecule has 0 amide bonds. The summed E-state index contributed by atoms with van der Waals surface area (Å²) in [5.41, 5.74) is 5.71. The van der Waals surface area contributed by atoms with Crippen LogP contribution >= 0.6 is 0 Å². The predicted molar refractivity (Wildman–Crippen MR) is 84.6 cm³/mol. The van der Waals surface area contributed by atoms with Crippen LogP contribution in [0.5, 0.6) is 0 Å². The molecule has 1 aromatic heterocycles. The van der Waals surface area contributed by atoms with Crippen LogP contribution in [0.25, 0.3) is 10.8 Å². The van der Waals surface area contributed by atoms with E-state index in [1.165, 1.54) is 24.3 Å². The summed E-state index contributed by atoms with van der Waals surface area (Å²) < 4.78 is 21.4. The minimum Gasteiger partial charge on any atom is -0.399 e. The number of aromatic nitrogens is 2. The van der Waals surface area contributed by atoms with Crippen molar-refractivity contribution in [1.29, 1.82) is 0 Å². The maximum atomic E-state index is 11.1. The van der Waals surface area contributed by atoms with Gasteiger partial charge in [0, 0.05) is 16.5 Å². The molecule has 0 aliphatic rings. The van der Waals surface area contributed by atoms with Crippen LogP contribution in [0.1, 0.15) is 0 Å². The fourth-order valence-electron chi connectivity index (χ4n) is 1.69. The Hall–Kier alpha value is -2.71. The molecule has 0 atom stereocenters. The Bertz CT molecular complexity index is 929. The van der Waals surface area contributed by atoms with Crippen LogP contribution in [0.4, 0.5) is 5.69 Å². The molecule has 5 N–H and O–H groups in total. The van der Waals surface area contributed by atoms with Crippen molar-refractivity contribution in [2.24, 2.45) is 5.14 Å². The summed E-state index contributed by atoms with van der Waals surface area (Å²) in [7, 11) is -3.58. The molecule has 0 bridgehead atoms. The van der Waals surface area contributed by atoms with Crippen LogP contribution in [0.2, 0.25) is 0 Å². The second kappa shape index (κ2) is 6.37. The van der Waals surface area contributed by atoms with Crippen molar-refractivity contribution in [2.45, 2.75) is 4.90 Å². The molecule has 22 heavy (non-hydrogen) atoms. The smallest absolute Gasteiger partial charge is 0.272 e. The lowest BCUT2D eigenvalue weighted by atomic mass is 10.2. The topological polar surface area (TPSA) is 132 Å². The number of fused-ring (bicyclic) bond motifs is 1. The summed E-state index contributed by atoms with van der Waals surface area (Å²) in [4.78, 5) is 11.1. The van der Waals surface area contributed by atoms with E-state index >= 15 is 0 Å². The summed E-state index contributed by atoms with van der Waals surface area (Å²) in [6.45, 7) is 0. The van der Waals surface area contributed by atoms with Crippen molar-refractivity contribution in [3.8, 4) is 0 Å². The molecule has 0 aliphatic carbocycles. The number of nitrogens with two attached hydrogens (primary N) is 2. The van der Waals surface area contributed by atoms with Crippen LogP contribution in [0.15, 0.2) is 64.4 Å². The van der Waals surface area contributed by atoms with E-state index < -0.39 is 10.0 Å². The average Bonchev–Trinajstić information content (AvgIpc) is 2.48. The summed E-state index contributed by atoms with van der Waals surface area (Å²) in [6.07, 6.45) is 1.64. The van der Waals surface area contributed by atoms with Crippen molar-refractivity contribution in [3.05, 3.63) is 65.1 Å². The number of nitrogens with one attached hydrogen (secondary N) is 1. The van der Waals surface area contributed by atoms with Gasteiger partial charge < -0.3 is 5.73 Å². The van der Waals surface area contributed by atoms with Crippen LogP contribution in [-0.2, 0) is 10.0 Å². The lowest BCUT2D eigenvalue weighted by Crippen LogP contribution is -2.11. The summed E-state index contributed by atoms with van der Waals surface area (Å²) in [6, 6.07) is 13.0. The van der Waals surface area contributed by atoms with Gasteiger partial charge in [-0.1, -0.05) is 18.2 Å². The Morgan fingerprint density at radius 2 is 1.64 bits per heavy atom. The van der Waals surface area contributed by atoms with Crippen molar-refractivity contribution in [1.82, 2.24) is 10.2 Å². The van der Waals surface area contributed by atoms with E-state index in [2.05, 4.69) is 10.2 Å². The van der Waals surface area contributed by atoms with Gasteiger partial charge in [-0.15, -0.1) is 0 Å². The van der Waals surface area contributed by atoms with Gasteiger partial charge in [0.15, 0.2) is 0 Å². The predicted octanol–water partition coefficient (Wildman–Crippen LogP) is 0.839. The van der Waals surface area contributed by atoms with E-state index in [1.807, 2.05) is 18.2 Å². The number of anilines is 1. The monoisotopic (exact) mass is 318 g/mol. The number of benzene rings is 2. The maximum Gasteiger partial charge on any atom is 0.272 e. The molecule has 3 aromatic rings. The number of primary sulfonamides is 1. The van der Waals surface area contributed by atoms with Crippen LogP contribution in [-0.4, -0.2) is 18.6 Å². The molecule has 2 aromatic carbocycles. The number of hydrogen-bond acceptors (Lipinski definition) is 5. The number of rotatable bonds is 1. The Morgan fingerprint density at radius 3 is 2.23 bits per heavy atom. The highest BCUT2D eigenvalue weighted by molar-refractivity contribution is 7.89. The van der Waals surface area contributed by atoms with E-state index in [4.69, 9.17) is 10.9 Å². The standard InChI is InChI=1S/C8H6N2O.C6H8N2O2S/c11-8-7-4-2-1-3-6(7)5-9-10-8;7-5-1-3-6(4-2-5)11(8,9)10/h1-5H,(H,10,11);1-4H,7H2,(H2,8,9,10). The lowest BCUT2D eigenvalue weighted by Gasteiger charge is -1.96. The molecule has 0 unspecified atom stereocenters. The second-order valence-electron chi connectivity index (χ2n) is 4.40. The van der Waals surface area contributed by atoms with Gasteiger partial charge in [0.25, 0.3) is 5.56 Å². The number of nitrogens with zero attached hydrogens (tertiary/aromatic N) is 1. The van der Waals surface area contributed by atoms with E-state index in [0.717, 1.165) is 5.39 Å². The Labute approximate surface area is 126 Å². The minimum absolute atomic E-state index is 0.0756. The van der Waals surface area contributed by atoms with Crippen LogP contribution in [0, 0.1) is 0 Å². The van der Waals surface area contributed by atoms with Crippen molar-refractivity contribution in [3.63, 3.8) is 0 Å². The van der Waals surface area contributed by atoms with Gasteiger partial charge in [-0.3, -0.25) is 4.79 Å². The molecule has 0 fully saturated rings. The Balaban J connectivity index is 0.000000160. The molecule has 3 rings (SSSR count). The summed E-state index contributed by atoms with van der Waals surface area (Å²) in [5, 5.41) is 12.4. The molecule has 7 nitrogen and oxygen atoms in total. The second-order valence-corrected chi connectivity index (χ2v) is 5.96. The number of H-pyrrole nitrogens is 1. The quantitative estimate of drug-likeness (QED) is 0.572. The number of nitrogen functional groups attached to an aromatic ring is 1. The molecule has 8 heteroatoms. The van der Waals surface area contributed by atoms with Gasteiger partial charge in [0.1, 0.15) is 0 Å². The largest absolute Gasteiger partial charge is 0.399 e. The van der Waals surface area contributed by atoms with Crippen LogP contribution < -0.4 is 16.4 Å².